The number of carbonyl (C=O) groups is 1. The Labute approximate surface area is 218 Å². The van der Waals surface area contributed by atoms with E-state index in [0.717, 1.165) is 41.9 Å². The zero-order chi connectivity index (χ0) is 25.2. The van der Waals surface area contributed by atoms with Gasteiger partial charge in [-0.2, -0.15) is 0 Å². The predicted molar refractivity (Wildman–Crippen MR) is 146 cm³/mol. The van der Waals surface area contributed by atoms with Crippen molar-refractivity contribution in [1.82, 2.24) is 0 Å². The summed E-state index contributed by atoms with van der Waals surface area (Å²) in [6.45, 7) is 6.32. The number of rotatable bonds is 7. The summed E-state index contributed by atoms with van der Waals surface area (Å²) in [5.41, 5.74) is 5.08. The first-order valence-corrected chi connectivity index (χ1v) is 13.2. The second-order valence-electron chi connectivity index (χ2n) is 9.64. The number of methoxy groups -OCH3 is 1. The molecule has 2 unspecified atom stereocenters. The van der Waals surface area contributed by atoms with Gasteiger partial charge in [-0.15, -0.1) is 0 Å². The molecule has 2 heterocycles. The Morgan fingerprint density at radius 1 is 0.972 bits per heavy atom. The van der Waals surface area contributed by atoms with E-state index in [0.29, 0.717) is 22.9 Å². The van der Waals surface area contributed by atoms with E-state index in [-0.39, 0.29) is 18.1 Å². The van der Waals surface area contributed by atoms with E-state index >= 15 is 0 Å². The number of anilines is 2. The summed E-state index contributed by atoms with van der Waals surface area (Å²) in [6, 6.07) is 19.9. The molecule has 5 rings (SSSR count). The summed E-state index contributed by atoms with van der Waals surface area (Å²) in [7, 11) is 1.64. The number of fused-ring (bicyclic) bond motifs is 1. The molecule has 3 aromatic carbocycles. The molecule has 0 bridgehead atoms. The van der Waals surface area contributed by atoms with Gasteiger partial charge in [0.25, 0.3) is 0 Å². The fraction of sp³-hybridized carbons (Fsp3) is 0.367. The van der Waals surface area contributed by atoms with Crippen LogP contribution in [0.15, 0.2) is 60.7 Å². The van der Waals surface area contributed by atoms with Crippen LogP contribution in [0.2, 0.25) is 5.02 Å². The molecule has 2 aliphatic heterocycles. The monoisotopic (exact) mass is 504 g/mol. The minimum absolute atomic E-state index is 0.0467. The smallest absolute Gasteiger partial charge is 0.232 e. The molecule has 0 radical (unpaired) electrons. The lowest BCUT2D eigenvalue weighted by Crippen LogP contribution is -2.41. The van der Waals surface area contributed by atoms with E-state index in [4.69, 9.17) is 21.1 Å². The molecule has 5 nitrogen and oxygen atoms in total. The lowest BCUT2D eigenvalue weighted by Gasteiger charge is -2.38. The van der Waals surface area contributed by atoms with E-state index in [9.17, 15) is 4.79 Å². The van der Waals surface area contributed by atoms with Crippen LogP contribution in [0, 0.1) is 0 Å². The number of halogens is 1. The Morgan fingerprint density at radius 2 is 1.64 bits per heavy atom. The molecular weight excluding hydrogens is 472 g/mol. The molecule has 36 heavy (non-hydrogen) atoms. The quantitative estimate of drug-likeness (QED) is 0.354. The molecule has 1 fully saturated rings. The fourth-order valence-electron chi connectivity index (χ4n) is 5.17. The largest absolute Gasteiger partial charge is 0.493 e. The number of nitrogens with zero attached hydrogens (tertiary/aromatic N) is 2. The van der Waals surface area contributed by atoms with Gasteiger partial charge in [-0.25, -0.2) is 0 Å². The zero-order valence-corrected chi connectivity index (χ0v) is 21.9. The van der Waals surface area contributed by atoms with Crippen LogP contribution >= 0.6 is 11.6 Å². The Kier molecular flexibility index (Phi) is 7.10. The van der Waals surface area contributed by atoms with Gasteiger partial charge in [0.15, 0.2) is 11.5 Å². The van der Waals surface area contributed by atoms with E-state index in [1.165, 1.54) is 18.5 Å². The van der Waals surface area contributed by atoms with Crippen LogP contribution < -0.4 is 19.3 Å². The average Bonchev–Trinajstić information content (AvgIpc) is 3.43. The van der Waals surface area contributed by atoms with Gasteiger partial charge in [0.05, 0.1) is 25.7 Å². The normalized spacial score (nSPS) is 18.2. The molecule has 0 aliphatic carbocycles. The van der Waals surface area contributed by atoms with Gasteiger partial charge in [0, 0.05) is 29.5 Å². The Bertz CT molecular complexity index is 1220. The molecule has 2 aliphatic rings. The van der Waals surface area contributed by atoms with Gasteiger partial charge in [-0.1, -0.05) is 30.7 Å². The molecule has 0 spiro atoms. The van der Waals surface area contributed by atoms with Crippen molar-refractivity contribution in [3.05, 3.63) is 82.4 Å². The summed E-state index contributed by atoms with van der Waals surface area (Å²) < 4.78 is 11.9. The lowest BCUT2D eigenvalue weighted by molar-refractivity contribution is -0.118. The van der Waals surface area contributed by atoms with Crippen LogP contribution in [0.3, 0.4) is 0 Å². The van der Waals surface area contributed by atoms with Crippen molar-refractivity contribution in [2.24, 2.45) is 0 Å². The number of benzene rings is 3. The van der Waals surface area contributed by atoms with Gasteiger partial charge >= 0.3 is 0 Å². The topological polar surface area (TPSA) is 42.0 Å². The van der Waals surface area contributed by atoms with Crippen LogP contribution in [-0.2, 0) is 11.2 Å². The predicted octanol–water partition coefficient (Wildman–Crippen LogP) is 6.80. The number of amides is 1. The van der Waals surface area contributed by atoms with Crippen LogP contribution in [-0.4, -0.2) is 32.2 Å². The Balaban J connectivity index is 1.61. The minimum Gasteiger partial charge on any atom is -0.493 e. The first-order valence-electron chi connectivity index (χ1n) is 12.8. The molecule has 0 aromatic heterocycles. The van der Waals surface area contributed by atoms with E-state index in [1.54, 1.807) is 7.11 Å². The van der Waals surface area contributed by atoms with Crippen molar-refractivity contribution in [3.63, 3.8) is 0 Å². The summed E-state index contributed by atoms with van der Waals surface area (Å²) in [5, 5.41) is 0.665. The minimum atomic E-state index is -0.304. The first-order chi connectivity index (χ1) is 17.5. The van der Waals surface area contributed by atoms with Gasteiger partial charge in [0.1, 0.15) is 0 Å². The van der Waals surface area contributed by atoms with Crippen molar-refractivity contribution < 1.29 is 14.3 Å². The molecule has 1 saturated heterocycles. The van der Waals surface area contributed by atoms with Gasteiger partial charge in [0.2, 0.25) is 5.91 Å². The zero-order valence-electron chi connectivity index (χ0n) is 21.2. The maximum atomic E-state index is 13.7. The van der Waals surface area contributed by atoms with Crippen molar-refractivity contribution in [2.75, 3.05) is 30.0 Å². The molecule has 0 saturated carbocycles. The molecule has 3 aromatic rings. The van der Waals surface area contributed by atoms with Crippen LogP contribution in [0.1, 0.15) is 55.8 Å². The summed E-state index contributed by atoms with van der Waals surface area (Å²) in [6.07, 6.45) is 3.69. The average molecular weight is 505 g/mol. The number of ether oxygens (including phenoxy) is 2. The third kappa shape index (κ3) is 4.77. The van der Waals surface area contributed by atoms with E-state index in [1.807, 2.05) is 42.2 Å². The summed E-state index contributed by atoms with van der Waals surface area (Å²) in [5.74, 6) is 1.40. The Morgan fingerprint density at radius 3 is 2.28 bits per heavy atom. The number of hydrogen-bond acceptors (Lipinski definition) is 4. The standard InChI is InChI=1S/C30H33ClN2O3/c1-4-20(2)36-28-19-26-22(17-27(28)35-3)18-29(34)33(30(26)21-7-9-23(31)10-8-21)25-13-11-24(12-14-25)32-15-5-6-16-32/h7-14,17,19-20,30H,4-6,15-16,18H2,1-3H3. The molecule has 0 N–H and O–H groups in total. The van der Waals surface area contributed by atoms with Crippen LogP contribution in [0.4, 0.5) is 11.4 Å². The summed E-state index contributed by atoms with van der Waals surface area (Å²) in [4.78, 5) is 18.0. The third-order valence-electron chi connectivity index (χ3n) is 7.28. The van der Waals surface area contributed by atoms with Crippen molar-refractivity contribution in [3.8, 4) is 11.5 Å². The van der Waals surface area contributed by atoms with Gasteiger partial charge in [-0.3, -0.25) is 4.79 Å². The first kappa shape index (κ1) is 24.5. The molecule has 2 atom stereocenters. The van der Waals surface area contributed by atoms with E-state index in [2.05, 4.69) is 42.2 Å². The summed E-state index contributed by atoms with van der Waals surface area (Å²) >= 11 is 6.23. The lowest BCUT2D eigenvalue weighted by atomic mass is 9.86. The highest BCUT2D eigenvalue weighted by atomic mass is 35.5. The second-order valence-corrected chi connectivity index (χ2v) is 10.1. The highest BCUT2D eigenvalue weighted by Crippen LogP contribution is 2.44. The molecule has 188 valence electrons. The molecule has 6 heteroatoms. The number of carbonyl (C=O) groups excluding carboxylic acids is 1. The van der Waals surface area contributed by atoms with Gasteiger partial charge in [-0.05, 0) is 91.4 Å². The fourth-order valence-corrected chi connectivity index (χ4v) is 5.30. The molecular formula is C30H33ClN2O3. The SMILES string of the molecule is CCC(C)Oc1cc2c(cc1OC)CC(=O)N(c1ccc(N3CCCC3)cc1)C2c1ccc(Cl)cc1. The highest BCUT2D eigenvalue weighted by molar-refractivity contribution is 6.30. The van der Waals surface area contributed by atoms with Crippen molar-refractivity contribution in [1.29, 1.82) is 0 Å². The van der Waals surface area contributed by atoms with Crippen LogP contribution in [0.25, 0.3) is 0 Å². The number of hydrogen-bond donors (Lipinski definition) is 0. The maximum absolute atomic E-state index is 13.7. The van der Waals surface area contributed by atoms with Crippen LogP contribution in [0.5, 0.6) is 11.5 Å². The Hall–Kier alpha value is -3.18. The van der Waals surface area contributed by atoms with Crippen molar-refractivity contribution in [2.45, 2.75) is 51.7 Å². The molecule has 1 amide bonds. The van der Waals surface area contributed by atoms with Crippen molar-refractivity contribution >= 4 is 28.9 Å². The second kappa shape index (κ2) is 10.4. The maximum Gasteiger partial charge on any atom is 0.232 e. The van der Waals surface area contributed by atoms with Gasteiger partial charge < -0.3 is 19.3 Å². The third-order valence-corrected chi connectivity index (χ3v) is 7.53. The van der Waals surface area contributed by atoms with E-state index < -0.39 is 0 Å². The highest BCUT2D eigenvalue weighted by Gasteiger charge is 2.36.